The van der Waals surface area contributed by atoms with Crippen molar-refractivity contribution in [3.63, 3.8) is 0 Å². The number of carbonyl (C=O) groups excluding carboxylic acids is 2. The molecule has 2 heterocycles. The summed E-state index contributed by atoms with van der Waals surface area (Å²) in [6.45, 7) is 1.72. The number of aromatic amines is 1. The molecule has 1 fully saturated rings. The molecule has 172 valence electrons. The van der Waals surface area contributed by atoms with Gasteiger partial charge in [-0.05, 0) is 47.4 Å². The van der Waals surface area contributed by atoms with Crippen molar-refractivity contribution in [1.29, 1.82) is 0 Å². The highest BCUT2D eigenvalue weighted by molar-refractivity contribution is 6.31. The van der Waals surface area contributed by atoms with Crippen LogP contribution in [0.5, 0.6) is 0 Å². The van der Waals surface area contributed by atoms with Gasteiger partial charge in [0.05, 0.1) is 0 Å². The van der Waals surface area contributed by atoms with Crippen LogP contribution in [0.4, 0.5) is 0 Å². The third-order valence-corrected chi connectivity index (χ3v) is 6.82. The summed E-state index contributed by atoms with van der Waals surface area (Å²) < 4.78 is 0. The SMILES string of the molecule is O=C(NC[C@@H](c1ccccc1Cl)c1c[nH]c2ccccc12)c1cccc(CN2CCCC2=O)c1. The van der Waals surface area contributed by atoms with Crippen molar-refractivity contribution in [2.45, 2.75) is 25.3 Å². The summed E-state index contributed by atoms with van der Waals surface area (Å²) in [6.07, 6.45) is 3.51. The Morgan fingerprint density at radius 1 is 1.03 bits per heavy atom. The summed E-state index contributed by atoms with van der Waals surface area (Å²) in [5, 5.41) is 4.90. The first-order chi connectivity index (χ1) is 16.6. The minimum absolute atomic E-state index is 0.112. The lowest BCUT2D eigenvalue weighted by Gasteiger charge is -2.20. The summed E-state index contributed by atoms with van der Waals surface area (Å²) in [5.41, 5.74) is 4.65. The van der Waals surface area contributed by atoms with Crippen LogP contribution in [-0.4, -0.2) is 34.8 Å². The second kappa shape index (κ2) is 9.74. The molecule has 2 N–H and O–H groups in total. The predicted octanol–water partition coefficient (Wildman–Crippen LogP) is 5.51. The third kappa shape index (κ3) is 4.57. The lowest BCUT2D eigenvalue weighted by atomic mass is 9.90. The average molecular weight is 472 g/mol. The molecule has 4 aromatic rings. The molecule has 0 bridgehead atoms. The predicted molar refractivity (Wildman–Crippen MR) is 135 cm³/mol. The summed E-state index contributed by atoms with van der Waals surface area (Å²) in [6, 6.07) is 23.4. The van der Waals surface area contributed by atoms with E-state index in [0.29, 0.717) is 30.1 Å². The fraction of sp³-hybridized carbons (Fsp3) is 0.214. The summed E-state index contributed by atoms with van der Waals surface area (Å²) in [7, 11) is 0. The number of rotatable bonds is 7. The molecule has 34 heavy (non-hydrogen) atoms. The lowest BCUT2D eigenvalue weighted by molar-refractivity contribution is -0.128. The number of H-pyrrole nitrogens is 1. The number of nitrogens with zero attached hydrogens (tertiary/aromatic N) is 1. The van der Waals surface area contributed by atoms with Gasteiger partial charge in [-0.3, -0.25) is 9.59 Å². The molecule has 0 radical (unpaired) electrons. The molecule has 1 atom stereocenters. The van der Waals surface area contributed by atoms with Gasteiger partial charge in [-0.2, -0.15) is 0 Å². The van der Waals surface area contributed by atoms with E-state index in [1.165, 1.54) is 0 Å². The molecule has 1 aliphatic heterocycles. The molecule has 0 spiro atoms. The van der Waals surface area contributed by atoms with E-state index in [-0.39, 0.29) is 17.7 Å². The van der Waals surface area contributed by atoms with Crippen molar-refractivity contribution in [2.24, 2.45) is 0 Å². The first-order valence-electron chi connectivity index (χ1n) is 11.6. The van der Waals surface area contributed by atoms with Crippen LogP contribution < -0.4 is 5.32 Å². The maximum atomic E-state index is 13.1. The highest BCUT2D eigenvalue weighted by atomic mass is 35.5. The Bertz CT molecular complexity index is 1350. The number of benzene rings is 3. The average Bonchev–Trinajstić information content (AvgIpc) is 3.46. The zero-order valence-electron chi connectivity index (χ0n) is 18.8. The molecule has 1 aliphatic rings. The van der Waals surface area contributed by atoms with Crippen LogP contribution in [0.3, 0.4) is 0 Å². The van der Waals surface area contributed by atoms with Crippen molar-refractivity contribution in [1.82, 2.24) is 15.2 Å². The molecule has 0 aliphatic carbocycles. The van der Waals surface area contributed by atoms with E-state index in [2.05, 4.69) is 16.4 Å². The van der Waals surface area contributed by atoms with Crippen LogP contribution in [0.25, 0.3) is 10.9 Å². The molecule has 1 saturated heterocycles. The first-order valence-corrected chi connectivity index (χ1v) is 11.9. The van der Waals surface area contributed by atoms with Crippen LogP contribution in [0, 0.1) is 0 Å². The van der Waals surface area contributed by atoms with Crippen LogP contribution in [0.1, 0.15) is 45.8 Å². The number of likely N-dealkylation sites (tertiary alicyclic amines) is 1. The van der Waals surface area contributed by atoms with Crippen molar-refractivity contribution >= 4 is 34.3 Å². The molecule has 0 unspecified atom stereocenters. The number of aromatic nitrogens is 1. The molecule has 6 heteroatoms. The Morgan fingerprint density at radius 3 is 2.68 bits per heavy atom. The number of nitrogens with one attached hydrogen (secondary N) is 2. The third-order valence-electron chi connectivity index (χ3n) is 6.48. The fourth-order valence-corrected chi connectivity index (χ4v) is 4.99. The smallest absolute Gasteiger partial charge is 0.251 e. The molecule has 1 aromatic heterocycles. The Hall–Kier alpha value is -3.57. The Morgan fingerprint density at radius 2 is 1.85 bits per heavy atom. The number of para-hydroxylation sites is 1. The highest BCUT2D eigenvalue weighted by Gasteiger charge is 2.22. The Balaban J connectivity index is 1.37. The second-order valence-corrected chi connectivity index (χ2v) is 9.10. The van der Waals surface area contributed by atoms with E-state index in [0.717, 1.165) is 40.6 Å². The van der Waals surface area contributed by atoms with Crippen molar-refractivity contribution in [3.05, 3.63) is 106 Å². The zero-order chi connectivity index (χ0) is 23.5. The normalized spacial score (nSPS) is 14.5. The van der Waals surface area contributed by atoms with Crippen LogP contribution in [0.2, 0.25) is 5.02 Å². The summed E-state index contributed by atoms with van der Waals surface area (Å²) in [5.74, 6) is -0.0816. The van der Waals surface area contributed by atoms with Gasteiger partial charge >= 0.3 is 0 Å². The molecular formula is C28H26ClN3O2. The van der Waals surface area contributed by atoms with E-state index in [1.807, 2.05) is 71.8 Å². The van der Waals surface area contributed by atoms with E-state index >= 15 is 0 Å². The zero-order valence-corrected chi connectivity index (χ0v) is 19.5. The number of carbonyl (C=O) groups is 2. The van der Waals surface area contributed by atoms with Gasteiger partial charge in [0.2, 0.25) is 5.91 Å². The Labute approximate surface area is 203 Å². The van der Waals surface area contributed by atoms with Gasteiger partial charge in [-0.1, -0.05) is 60.1 Å². The molecule has 5 nitrogen and oxygen atoms in total. The standard InChI is InChI=1S/C28H26ClN3O2/c29-25-11-3-1-9-21(25)23(24-16-30-26-12-4-2-10-22(24)26)17-31-28(34)20-8-5-7-19(15-20)18-32-14-6-13-27(32)33/h1-5,7-12,15-16,23,30H,6,13-14,17-18H2,(H,31,34)/t23-/m0/s1. The van der Waals surface area contributed by atoms with Crippen LogP contribution >= 0.6 is 11.6 Å². The van der Waals surface area contributed by atoms with Gasteiger partial charge in [0, 0.05) is 59.7 Å². The van der Waals surface area contributed by atoms with Gasteiger partial charge in [0.1, 0.15) is 0 Å². The quantitative estimate of drug-likeness (QED) is 0.373. The maximum Gasteiger partial charge on any atom is 0.251 e. The van der Waals surface area contributed by atoms with Crippen molar-refractivity contribution in [3.8, 4) is 0 Å². The molecular weight excluding hydrogens is 446 g/mol. The van der Waals surface area contributed by atoms with E-state index < -0.39 is 0 Å². The Kier molecular flexibility index (Phi) is 6.37. The van der Waals surface area contributed by atoms with Gasteiger partial charge in [0.25, 0.3) is 5.91 Å². The van der Waals surface area contributed by atoms with Gasteiger partial charge in [0.15, 0.2) is 0 Å². The van der Waals surface area contributed by atoms with Gasteiger partial charge in [-0.15, -0.1) is 0 Å². The minimum atomic E-state index is -0.147. The second-order valence-electron chi connectivity index (χ2n) is 8.69. The first kappa shape index (κ1) is 22.2. The van der Waals surface area contributed by atoms with Crippen molar-refractivity contribution < 1.29 is 9.59 Å². The molecule has 0 saturated carbocycles. The summed E-state index contributed by atoms with van der Waals surface area (Å²) in [4.78, 5) is 30.3. The topological polar surface area (TPSA) is 65.2 Å². The number of fused-ring (bicyclic) bond motifs is 1. The van der Waals surface area contributed by atoms with Gasteiger partial charge in [-0.25, -0.2) is 0 Å². The fourth-order valence-electron chi connectivity index (χ4n) is 4.73. The van der Waals surface area contributed by atoms with Crippen LogP contribution in [-0.2, 0) is 11.3 Å². The van der Waals surface area contributed by atoms with Crippen LogP contribution in [0.15, 0.2) is 79.0 Å². The number of amides is 2. The number of halogens is 1. The minimum Gasteiger partial charge on any atom is -0.361 e. The molecule has 2 amide bonds. The number of hydrogen-bond donors (Lipinski definition) is 2. The number of hydrogen-bond acceptors (Lipinski definition) is 2. The monoisotopic (exact) mass is 471 g/mol. The van der Waals surface area contributed by atoms with E-state index in [1.54, 1.807) is 6.07 Å². The van der Waals surface area contributed by atoms with Gasteiger partial charge < -0.3 is 15.2 Å². The largest absolute Gasteiger partial charge is 0.361 e. The summed E-state index contributed by atoms with van der Waals surface area (Å²) >= 11 is 6.58. The van der Waals surface area contributed by atoms with Crippen molar-refractivity contribution in [2.75, 3.05) is 13.1 Å². The maximum absolute atomic E-state index is 13.1. The molecule has 3 aromatic carbocycles. The highest BCUT2D eigenvalue weighted by Crippen LogP contribution is 2.34. The lowest BCUT2D eigenvalue weighted by Crippen LogP contribution is -2.29. The van der Waals surface area contributed by atoms with E-state index in [4.69, 9.17) is 11.6 Å². The molecule has 5 rings (SSSR count). The van der Waals surface area contributed by atoms with E-state index in [9.17, 15) is 9.59 Å².